The Bertz CT molecular complexity index is 655. The molecule has 0 aliphatic heterocycles. The number of carbonyl (C=O) groups excluding carboxylic acids is 1. The third-order valence-electron chi connectivity index (χ3n) is 4.19. The van der Waals surface area contributed by atoms with E-state index in [9.17, 15) is 4.79 Å². The van der Waals surface area contributed by atoms with Gasteiger partial charge in [-0.25, -0.2) is 4.98 Å². The number of nitrogens with zero attached hydrogens (tertiary/aromatic N) is 1. The van der Waals surface area contributed by atoms with Crippen LogP contribution < -0.4 is 15.8 Å². The Labute approximate surface area is 164 Å². The van der Waals surface area contributed by atoms with Crippen molar-refractivity contribution in [2.24, 2.45) is 11.7 Å². The van der Waals surface area contributed by atoms with E-state index in [1.54, 1.807) is 5.51 Å². The van der Waals surface area contributed by atoms with Crippen LogP contribution in [0, 0.1) is 5.92 Å². The smallest absolute Gasteiger partial charge is 0.224 e. The number of halogens is 2. The highest BCUT2D eigenvalue weighted by atomic mass is 35.5. The number of hydrogen-bond acceptors (Lipinski definition) is 5. The molecule has 25 heavy (non-hydrogen) atoms. The second kappa shape index (κ2) is 10.6. The van der Waals surface area contributed by atoms with Crippen LogP contribution in [-0.2, 0) is 11.4 Å². The van der Waals surface area contributed by atoms with Crippen molar-refractivity contribution in [3.63, 3.8) is 0 Å². The average molecular weight is 404 g/mol. The molecule has 2 atom stereocenters. The largest absolute Gasteiger partial charge is 0.485 e. The molecular formula is C17H23Cl2N3O2S. The van der Waals surface area contributed by atoms with Gasteiger partial charge in [-0.1, -0.05) is 18.6 Å². The van der Waals surface area contributed by atoms with Gasteiger partial charge >= 0.3 is 0 Å². The molecule has 1 amide bonds. The first-order chi connectivity index (χ1) is 11.2. The average Bonchev–Trinajstić information content (AvgIpc) is 3.19. The molecule has 1 fully saturated rings. The number of carbonyl (C=O) groups is 1. The molecule has 3 rings (SSSR count). The minimum Gasteiger partial charge on any atom is -0.485 e. The normalized spacial score (nSPS) is 18.8. The molecule has 0 spiro atoms. The molecule has 8 heteroatoms. The van der Waals surface area contributed by atoms with Crippen molar-refractivity contribution in [3.8, 4) is 5.75 Å². The summed E-state index contributed by atoms with van der Waals surface area (Å²) in [6.07, 6.45) is 3.65. The van der Waals surface area contributed by atoms with E-state index in [1.807, 2.05) is 29.6 Å². The van der Waals surface area contributed by atoms with Crippen LogP contribution in [0.25, 0.3) is 0 Å². The van der Waals surface area contributed by atoms with E-state index in [4.69, 9.17) is 10.5 Å². The number of nitrogens with one attached hydrogen (secondary N) is 1. The summed E-state index contributed by atoms with van der Waals surface area (Å²) in [6, 6.07) is 7.62. The fourth-order valence-corrected chi connectivity index (χ4v) is 3.46. The Balaban J connectivity index is 0.00000156. The molecule has 1 aliphatic carbocycles. The Morgan fingerprint density at radius 2 is 2.12 bits per heavy atom. The summed E-state index contributed by atoms with van der Waals surface area (Å²) in [4.78, 5) is 16.5. The zero-order valence-corrected chi connectivity index (χ0v) is 16.2. The van der Waals surface area contributed by atoms with Crippen molar-refractivity contribution in [1.29, 1.82) is 0 Å². The molecule has 1 aromatic heterocycles. The molecule has 2 aromatic rings. The second-order valence-electron chi connectivity index (χ2n) is 5.87. The number of nitrogens with two attached hydrogens (primary N) is 1. The molecule has 5 nitrogen and oxygen atoms in total. The standard InChI is InChI=1S/C17H21N3O2S.2ClH/c18-14-5-3-4-12(14)8-17(21)20-15-6-1-2-7-16(15)22-9-13-10-23-11-19-13;;/h1-2,6-7,10-12,14H,3-5,8-9,18H2,(H,20,21);2*1H/t12-,14+;;/m0../s1. The lowest BCUT2D eigenvalue weighted by Gasteiger charge is -2.16. The van der Waals surface area contributed by atoms with E-state index in [0.29, 0.717) is 24.5 Å². The Morgan fingerprint density at radius 3 is 2.80 bits per heavy atom. The van der Waals surface area contributed by atoms with Crippen molar-refractivity contribution in [3.05, 3.63) is 40.8 Å². The molecular weight excluding hydrogens is 381 g/mol. The van der Waals surface area contributed by atoms with E-state index in [1.165, 1.54) is 11.3 Å². The number of amides is 1. The molecule has 0 radical (unpaired) electrons. The molecule has 0 unspecified atom stereocenters. The summed E-state index contributed by atoms with van der Waals surface area (Å²) in [6.45, 7) is 0.393. The third-order valence-corrected chi connectivity index (χ3v) is 4.82. The quantitative estimate of drug-likeness (QED) is 0.763. The number of anilines is 1. The number of aromatic nitrogens is 1. The third kappa shape index (κ3) is 6.15. The molecule has 1 heterocycles. The lowest BCUT2D eigenvalue weighted by Crippen LogP contribution is -2.28. The van der Waals surface area contributed by atoms with E-state index in [0.717, 1.165) is 25.0 Å². The van der Waals surface area contributed by atoms with Gasteiger partial charge in [-0.3, -0.25) is 4.79 Å². The number of ether oxygens (including phenoxy) is 1. The van der Waals surface area contributed by atoms with Gasteiger partial charge in [-0.05, 0) is 30.9 Å². The molecule has 1 aliphatic rings. The van der Waals surface area contributed by atoms with Crippen LogP contribution in [0.1, 0.15) is 31.4 Å². The van der Waals surface area contributed by atoms with E-state index >= 15 is 0 Å². The SMILES string of the molecule is Cl.Cl.N[C@@H]1CCC[C@H]1CC(=O)Nc1ccccc1OCc1cscn1. The molecule has 138 valence electrons. The molecule has 0 bridgehead atoms. The number of rotatable bonds is 6. The summed E-state index contributed by atoms with van der Waals surface area (Å²) in [5, 5.41) is 4.90. The van der Waals surface area contributed by atoms with Crippen LogP contribution in [0.15, 0.2) is 35.2 Å². The van der Waals surface area contributed by atoms with Crippen LogP contribution in [0.3, 0.4) is 0 Å². The van der Waals surface area contributed by atoms with E-state index < -0.39 is 0 Å². The first-order valence-corrected chi connectivity index (χ1v) is 8.81. The fourth-order valence-electron chi connectivity index (χ4n) is 2.91. The van der Waals surface area contributed by atoms with Crippen molar-refractivity contribution in [2.75, 3.05) is 5.32 Å². The van der Waals surface area contributed by atoms with Gasteiger partial charge in [0.2, 0.25) is 5.91 Å². The number of benzene rings is 1. The monoisotopic (exact) mass is 403 g/mol. The van der Waals surface area contributed by atoms with Gasteiger partial charge in [0.15, 0.2) is 0 Å². The summed E-state index contributed by atoms with van der Waals surface area (Å²) >= 11 is 1.53. The van der Waals surface area contributed by atoms with Crippen molar-refractivity contribution in [2.45, 2.75) is 38.3 Å². The maximum absolute atomic E-state index is 12.3. The van der Waals surface area contributed by atoms with Gasteiger partial charge < -0.3 is 15.8 Å². The summed E-state index contributed by atoms with van der Waals surface area (Å²) in [5.74, 6) is 0.944. The maximum Gasteiger partial charge on any atom is 0.224 e. The zero-order valence-electron chi connectivity index (χ0n) is 13.7. The lowest BCUT2D eigenvalue weighted by atomic mass is 10.00. The Morgan fingerprint density at radius 1 is 1.32 bits per heavy atom. The van der Waals surface area contributed by atoms with Gasteiger partial charge in [-0.2, -0.15) is 0 Å². The van der Waals surface area contributed by atoms with Crippen LogP contribution >= 0.6 is 36.2 Å². The van der Waals surface area contributed by atoms with Crippen molar-refractivity contribution in [1.82, 2.24) is 4.98 Å². The van der Waals surface area contributed by atoms with E-state index in [-0.39, 0.29) is 42.7 Å². The molecule has 1 aromatic carbocycles. The topological polar surface area (TPSA) is 77.2 Å². The highest BCUT2D eigenvalue weighted by Gasteiger charge is 2.26. The van der Waals surface area contributed by atoms with Gasteiger partial charge in [0, 0.05) is 17.8 Å². The fraction of sp³-hybridized carbons (Fsp3) is 0.412. The van der Waals surface area contributed by atoms with Crippen LogP contribution in [0.5, 0.6) is 5.75 Å². The maximum atomic E-state index is 12.3. The summed E-state index contributed by atoms with van der Waals surface area (Å²) < 4.78 is 5.78. The van der Waals surface area contributed by atoms with Gasteiger partial charge in [-0.15, -0.1) is 36.2 Å². The summed E-state index contributed by atoms with van der Waals surface area (Å²) in [5.41, 5.74) is 9.39. The lowest BCUT2D eigenvalue weighted by molar-refractivity contribution is -0.117. The molecule has 3 N–H and O–H groups in total. The molecule has 0 saturated heterocycles. The van der Waals surface area contributed by atoms with E-state index in [2.05, 4.69) is 10.3 Å². The zero-order chi connectivity index (χ0) is 16.1. The summed E-state index contributed by atoms with van der Waals surface area (Å²) in [7, 11) is 0. The Hall–Kier alpha value is -1.34. The number of hydrogen-bond donors (Lipinski definition) is 2. The Kier molecular flexibility index (Phi) is 9.21. The number of para-hydroxylation sites is 2. The first kappa shape index (κ1) is 21.7. The van der Waals surface area contributed by atoms with Crippen LogP contribution in [0.2, 0.25) is 0 Å². The highest BCUT2D eigenvalue weighted by Crippen LogP contribution is 2.29. The van der Waals surface area contributed by atoms with Gasteiger partial charge in [0.25, 0.3) is 0 Å². The first-order valence-electron chi connectivity index (χ1n) is 7.86. The van der Waals surface area contributed by atoms with Crippen molar-refractivity contribution < 1.29 is 9.53 Å². The van der Waals surface area contributed by atoms with Crippen molar-refractivity contribution >= 4 is 47.7 Å². The van der Waals surface area contributed by atoms with Crippen LogP contribution in [-0.4, -0.2) is 16.9 Å². The number of thiazole rings is 1. The van der Waals surface area contributed by atoms with Gasteiger partial charge in [0.05, 0.1) is 16.9 Å². The highest BCUT2D eigenvalue weighted by molar-refractivity contribution is 7.07. The minimum atomic E-state index is -0.00272. The second-order valence-corrected chi connectivity index (χ2v) is 6.59. The minimum absolute atomic E-state index is 0. The van der Waals surface area contributed by atoms with Crippen LogP contribution in [0.4, 0.5) is 5.69 Å². The predicted molar refractivity (Wildman–Crippen MR) is 106 cm³/mol. The predicted octanol–water partition coefficient (Wildman–Crippen LogP) is 4.02. The van der Waals surface area contributed by atoms with Gasteiger partial charge in [0.1, 0.15) is 12.4 Å². The molecule has 1 saturated carbocycles.